The van der Waals surface area contributed by atoms with Gasteiger partial charge in [-0.15, -0.1) is 0 Å². The van der Waals surface area contributed by atoms with Gasteiger partial charge in [0.15, 0.2) is 0 Å². The van der Waals surface area contributed by atoms with Crippen LogP contribution in [0.2, 0.25) is 0 Å². The van der Waals surface area contributed by atoms with E-state index in [0.29, 0.717) is 0 Å². The lowest BCUT2D eigenvalue weighted by Crippen LogP contribution is -2.18. The number of methoxy groups -OCH3 is 2. The lowest BCUT2D eigenvalue weighted by molar-refractivity contribution is 0.383. The molecule has 0 radical (unpaired) electrons. The first kappa shape index (κ1) is 14.4. The van der Waals surface area contributed by atoms with Gasteiger partial charge in [0.2, 0.25) is 0 Å². The van der Waals surface area contributed by atoms with Gasteiger partial charge in [0.25, 0.3) is 0 Å². The quantitative estimate of drug-likeness (QED) is 0.896. The van der Waals surface area contributed by atoms with Crippen LogP contribution in [0.3, 0.4) is 0 Å². The summed E-state index contributed by atoms with van der Waals surface area (Å²) in [5.74, 6) is 1.56. The van der Waals surface area contributed by atoms with Crippen molar-refractivity contribution in [2.45, 2.75) is 6.04 Å². The second kappa shape index (κ2) is 6.41. The van der Waals surface area contributed by atoms with Crippen LogP contribution in [0.1, 0.15) is 17.2 Å². The average molecular weight is 342 g/mol. The average Bonchev–Trinajstić information content (AvgIpc) is 2.94. The molecule has 2 aromatic rings. The van der Waals surface area contributed by atoms with E-state index in [1.807, 2.05) is 19.2 Å². The summed E-state index contributed by atoms with van der Waals surface area (Å²) >= 11 is 5.22. The van der Waals surface area contributed by atoms with E-state index in [-0.39, 0.29) is 6.04 Å². The Bertz CT molecular complexity index is 543. The molecule has 0 fully saturated rings. The van der Waals surface area contributed by atoms with Crippen LogP contribution < -0.4 is 14.8 Å². The molecule has 0 bridgehead atoms. The summed E-state index contributed by atoms with van der Waals surface area (Å²) in [4.78, 5) is 0. The van der Waals surface area contributed by atoms with Gasteiger partial charge in [-0.25, -0.2) is 0 Å². The monoisotopic (exact) mass is 341 g/mol. The van der Waals surface area contributed by atoms with Crippen LogP contribution in [-0.2, 0) is 0 Å². The molecule has 1 aromatic heterocycles. The summed E-state index contributed by atoms with van der Waals surface area (Å²) in [6.45, 7) is 0. The van der Waals surface area contributed by atoms with E-state index in [9.17, 15) is 0 Å². The van der Waals surface area contributed by atoms with Gasteiger partial charge in [0.1, 0.15) is 16.0 Å². The third-order valence-corrected chi connectivity index (χ3v) is 4.44. The third-order valence-electron chi connectivity index (χ3n) is 2.99. The molecule has 0 saturated carbocycles. The number of hydrogen-bond acceptors (Lipinski definition) is 4. The predicted octanol–water partition coefficient (Wildman–Crippen LogP) is 3.84. The highest BCUT2D eigenvalue weighted by Crippen LogP contribution is 2.41. The summed E-state index contributed by atoms with van der Waals surface area (Å²) in [5, 5.41) is 7.54. The SMILES string of the molecule is CNC(c1ccsc1)c1ccc(OC)c(Br)c1OC. The summed E-state index contributed by atoms with van der Waals surface area (Å²) in [7, 11) is 5.26. The molecule has 2 rings (SSSR count). The molecule has 0 aliphatic heterocycles. The first-order valence-electron chi connectivity index (χ1n) is 5.82. The van der Waals surface area contributed by atoms with Crippen LogP contribution in [-0.4, -0.2) is 21.3 Å². The van der Waals surface area contributed by atoms with Gasteiger partial charge in [-0.2, -0.15) is 11.3 Å². The number of benzene rings is 1. The maximum atomic E-state index is 5.54. The molecule has 1 unspecified atom stereocenters. The number of thiophene rings is 1. The summed E-state index contributed by atoms with van der Waals surface area (Å²) in [5.41, 5.74) is 2.30. The van der Waals surface area contributed by atoms with Crippen molar-refractivity contribution in [1.29, 1.82) is 0 Å². The number of ether oxygens (including phenoxy) is 2. The molecule has 3 nitrogen and oxygen atoms in total. The Hall–Kier alpha value is -1.04. The minimum absolute atomic E-state index is 0.100. The Morgan fingerprint density at radius 1 is 1.21 bits per heavy atom. The van der Waals surface area contributed by atoms with Gasteiger partial charge in [0.05, 0.1) is 20.3 Å². The van der Waals surface area contributed by atoms with E-state index in [1.165, 1.54) is 5.56 Å². The first-order chi connectivity index (χ1) is 9.22. The molecule has 0 spiro atoms. The zero-order chi connectivity index (χ0) is 13.8. The number of nitrogens with one attached hydrogen (secondary N) is 1. The molecule has 1 heterocycles. The fourth-order valence-corrected chi connectivity index (χ4v) is 3.46. The van der Waals surface area contributed by atoms with E-state index in [1.54, 1.807) is 25.6 Å². The Balaban J connectivity index is 2.52. The molecular formula is C14H16BrNO2S. The fraction of sp³-hybridized carbons (Fsp3) is 0.286. The second-order valence-electron chi connectivity index (χ2n) is 3.98. The van der Waals surface area contributed by atoms with Gasteiger partial charge < -0.3 is 14.8 Å². The van der Waals surface area contributed by atoms with Crippen molar-refractivity contribution < 1.29 is 9.47 Å². The smallest absolute Gasteiger partial charge is 0.141 e. The maximum absolute atomic E-state index is 5.54. The minimum atomic E-state index is 0.100. The van der Waals surface area contributed by atoms with Crippen LogP contribution in [0.15, 0.2) is 33.4 Å². The molecular weight excluding hydrogens is 326 g/mol. The van der Waals surface area contributed by atoms with Crippen LogP contribution in [0, 0.1) is 0 Å². The maximum Gasteiger partial charge on any atom is 0.141 e. The molecule has 1 atom stereocenters. The van der Waals surface area contributed by atoms with Gasteiger partial charge in [-0.3, -0.25) is 0 Å². The fourth-order valence-electron chi connectivity index (χ4n) is 2.09. The second-order valence-corrected chi connectivity index (χ2v) is 5.56. The van der Waals surface area contributed by atoms with Gasteiger partial charge in [-0.1, -0.05) is 0 Å². The van der Waals surface area contributed by atoms with Gasteiger partial charge >= 0.3 is 0 Å². The van der Waals surface area contributed by atoms with Crippen molar-refractivity contribution in [1.82, 2.24) is 5.32 Å². The Kier molecular flexibility index (Phi) is 4.85. The minimum Gasteiger partial charge on any atom is -0.495 e. The number of halogens is 1. The Labute approximate surface area is 125 Å². The van der Waals surface area contributed by atoms with Crippen molar-refractivity contribution in [3.63, 3.8) is 0 Å². The zero-order valence-corrected chi connectivity index (χ0v) is 13.5. The Morgan fingerprint density at radius 2 is 2.00 bits per heavy atom. The Morgan fingerprint density at radius 3 is 2.53 bits per heavy atom. The molecule has 0 saturated heterocycles. The van der Waals surface area contributed by atoms with Crippen molar-refractivity contribution in [2.75, 3.05) is 21.3 Å². The lowest BCUT2D eigenvalue weighted by atomic mass is 10.0. The number of rotatable bonds is 5. The van der Waals surface area contributed by atoms with Crippen molar-refractivity contribution >= 4 is 27.3 Å². The molecule has 102 valence electrons. The molecule has 0 aliphatic carbocycles. The third kappa shape index (κ3) is 2.78. The van der Waals surface area contributed by atoms with E-state index in [0.717, 1.165) is 21.5 Å². The van der Waals surface area contributed by atoms with Crippen LogP contribution in [0.5, 0.6) is 11.5 Å². The molecule has 0 amide bonds. The van der Waals surface area contributed by atoms with Gasteiger partial charge in [0, 0.05) is 5.56 Å². The number of hydrogen-bond donors (Lipinski definition) is 1. The summed E-state index contributed by atoms with van der Waals surface area (Å²) in [6, 6.07) is 6.19. The van der Waals surface area contributed by atoms with Gasteiger partial charge in [-0.05, 0) is 57.5 Å². The molecule has 1 aromatic carbocycles. The molecule has 0 aliphatic rings. The predicted molar refractivity (Wildman–Crippen MR) is 82.5 cm³/mol. The van der Waals surface area contributed by atoms with Crippen molar-refractivity contribution in [2.24, 2.45) is 0 Å². The van der Waals surface area contributed by atoms with Crippen LogP contribution in [0.25, 0.3) is 0 Å². The largest absolute Gasteiger partial charge is 0.495 e. The zero-order valence-electron chi connectivity index (χ0n) is 11.1. The molecule has 1 N–H and O–H groups in total. The normalized spacial score (nSPS) is 12.2. The van der Waals surface area contributed by atoms with E-state index >= 15 is 0 Å². The lowest BCUT2D eigenvalue weighted by Gasteiger charge is -2.20. The standard InChI is InChI=1S/C14H16BrNO2S/c1-16-13(9-6-7-19-8-9)10-4-5-11(17-2)12(15)14(10)18-3/h4-8,13,16H,1-3H3. The highest BCUT2D eigenvalue weighted by atomic mass is 79.9. The molecule has 19 heavy (non-hydrogen) atoms. The topological polar surface area (TPSA) is 30.5 Å². The van der Waals surface area contributed by atoms with Crippen molar-refractivity contribution in [3.8, 4) is 11.5 Å². The van der Waals surface area contributed by atoms with E-state index in [2.05, 4.69) is 38.1 Å². The summed E-state index contributed by atoms with van der Waals surface area (Å²) in [6.07, 6.45) is 0. The first-order valence-corrected chi connectivity index (χ1v) is 7.56. The summed E-state index contributed by atoms with van der Waals surface area (Å²) < 4.78 is 11.7. The van der Waals surface area contributed by atoms with Crippen LogP contribution >= 0.6 is 27.3 Å². The molecule has 5 heteroatoms. The van der Waals surface area contributed by atoms with Crippen LogP contribution in [0.4, 0.5) is 0 Å². The van der Waals surface area contributed by atoms with E-state index < -0.39 is 0 Å². The van der Waals surface area contributed by atoms with E-state index in [4.69, 9.17) is 9.47 Å². The highest BCUT2D eigenvalue weighted by Gasteiger charge is 2.20. The van der Waals surface area contributed by atoms with Crippen molar-refractivity contribution in [3.05, 3.63) is 44.6 Å². The highest BCUT2D eigenvalue weighted by molar-refractivity contribution is 9.10.